The van der Waals surface area contributed by atoms with Gasteiger partial charge in [0.15, 0.2) is 0 Å². The van der Waals surface area contributed by atoms with E-state index in [1.165, 1.54) is 0 Å². The topological polar surface area (TPSA) is 77.0 Å². The van der Waals surface area contributed by atoms with Crippen LogP contribution in [0.3, 0.4) is 0 Å². The highest BCUT2D eigenvalue weighted by molar-refractivity contribution is 5.94. The molecule has 2 aromatic rings. The molecule has 0 aliphatic carbocycles. The molecule has 0 radical (unpaired) electrons. The molecule has 1 aromatic heterocycles. The molecule has 1 aliphatic rings. The fraction of sp³-hybridized carbons (Fsp3) is 0.438. The highest BCUT2D eigenvalue weighted by Crippen LogP contribution is 2.24. The van der Waals surface area contributed by atoms with Crippen LogP contribution in [0.25, 0.3) is 5.69 Å². The van der Waals surface area contributed by atoms with E-state index in [4.69, 9.17) is 5.73 Å². The van der Waals surface area contributed by atoms with E-state index < -0.39 is 0 Å². The van der Waals surface area contributed by atoms with Crippen LogP contribution < -0.4 is 5.73 Å². The van der Waals surface area contributed by atoms with Gasteiger partial charge in [-0.3, -0.25) is 9.36 Å². The number of benzene rings is 1. The first-order valence-corrected chi connectivity index (χ1v) is 7.67. The van der Waals surface area contributed by atoms with Gasteiger partial charge >= 0.3 is 0 Å². The van der Waals surface area contributed by atoms with Gasteiger partial charge in [-0.05, 0) is 43.0 Å². The summed E-state index contributed by atoms with van der Waals surface area (Å²) in [5, 5.41) is 7.57. The summed E-state index contributed by atoms with van der Waals surface area (Å²) in [5.74, 6) is 0.524. The fourth-order valence-corrected chi connectivity index (χ4v) is 3.14. The first-order valence-electron chi connectivity index (χ1n) is 7.67. The van der Waals surface area contributed by atoms with E-state index >= 15 is 0 Å². The number of nitrogens with zero attached hydrogens (tertiary/aromatic N) is 4. The molecule has 1 fully saturated rings. The highest BCUT2D eigenvalue weighted by Gasteiger charge is 2.31. The van der Waals surface area contributed by atoms with Crippen LogP contribution >= 0.6 is 0 Å². The van der Waals surface area contributed by atoms with Crippen molar-refractivity contribution in [1.82, 2.24) is 19.7 Å². The number of amides is 1. The lowest BCUT2D eigenvalue weighted by Crippen LogP contribution is -2.51. The molecule has 1 saturated heterocycles. The standard InChI is InChI=1S/C16H21N5O/c1-12-3-2-8-21(15(12)9-17)16(22)13-4-6-14(7-5-13)20-10-18-19-11-20/h4-7,10-12,15H,2-3,8-9,17H2,1H3/t12-,15-/m1/s1. The van der Waals surface area contributed by atoms with Gasteiger partial charge in [-0.15, -0.1) is 10.2 Å². The van der Waals surface area contributed by atoms with Crippen LogP contribution in [-0.4, -0.2) is 44.7 Å². The quantitative estimate of drug-likeness (QED) is 0.931. The molecule has 0 bridgehead atoms. The number of nitrogens with two attached hydrogens (primary N) is 1. The SMILES string of the molecule is C[C@@H]1CCCN(C(=O)c2ccc(-n3cnnc3)cc2)[C@@H]1CN. The smallest absolute Gasteiger partial charge is 0.254 e. The molecule has 116 valence electrons. The summed E-state index contributed by atoms with van der Waals surface area (Å²) in [4.78, 5) is 14.7. The van der Waals surface area contributed by atoms with Crippen LogP contribution in [0.2, 0.25) is 0 Å². The Morgan fingerprint density at radius 1 is 1.27 bits per heavy atom. The third-order valence-corrected chi connectivity index (χ3v) is 4.45. The van der Waals surface area contributed by atoms with Crippen LogP contribution in [0.1, 0.15) is 30.1 Å². The van der Waals surface area contributed by atoms with Crippen molar-refractivity contribution in [2.75, 3.05) is 13.1 Å². The summed E-state index contributed by atoms with van der Waals surface area (Å²) in [6.45, 7) is 3.48. The Labute approximate surface area is 129 Å². The lowest BCUT2D eigenvalue weighted by atomic mass is 9.90. The average molecular weight is 299 g/mol. The molecule has 2 atom stereocenters. The van der Waals surface area contributed by atoms with Gasteiger partial charge in [0, 0.05) is 30.4 Å². The largest absolute Gasteiger partial charge is 0.334 e. The number of hydrogen-bond donors (Lipinski definition) is 1. The maximum absolute atomic E-state index is 12.8. The zero-order valence-electron chi connectivity index (χ0n) is 12.7. The van der Waals surface area contributed by atoms with E-state index in [0.717, 1.165) is 25.1 Å². The molecule has 0 saturated carbocycles. The van der Waals surface area contributed by atoms with Gasteiger partial charge in [0.2, 0.25) is 0 Å². The molecule has 2 heterocycles. The van der Waals surface area contributed by atoms with Crippen molar-refractivity contribution in [3.8, 4) is 5.69 Å². The molecular formula is C16H21N5O. The second-order valence-electron chi connectivity index (χ2n) is 5.84. The maximum Gasteiger partial charge on any atom is 0.254 e. The van der Waals surface area contributed by atoms with Gasteiger partial charge in [-0.25, -0.2) is 0 Å². The van der Waals surface area contributed by atoms with E-state index in [1.807, 2.05) is 29.2 Å². The zero-order chi connectivity index (χ0) is 15.5. The fourth-order valence-electron chi connectivity index (χ4n) is 3.14. The third kappa shape index (κ3) is 2.74. The van der Waals surface area contributed by atoms with Crippen LogP contribution in [0.15, 0.2) is 36.9 Å². The molecule has 22 heavy (non-hydrogen) atoms. The van der Waals surface area contributed by atoms with Gasteiger partial charge in [-0.1, -0.05) is 6.92 Å². The van der Waals surface area contributed by atoms with Gasteiger partial charge in [0.05, 0.1) is 0 Å². The van der Waals surface area contributed by atoms with E-state index in [0.29, 0.717) is 18.0 Å². The molecule has 1 amide bonds. The Hall–Kier alpha value is -2.21. The maximum atomic E-state index is 12.8. The lowest BCUT2D eigenvalue weighted by molar-refractivity contribution is 0.0532. The third-order valence-electron chi connectivity index (χ3n) is 4.45. The van der Waals surface area contributed by atoms with Crippen molar-refractivity contribution < 1.29 is 4.79 Å². The van der Waals surface area contributed by atoms with Crippen LogP contribution in [0.5, 0.6) is 0 Å². The monoisotopic (exact) mass is 299 g/mol. The Balaban J connectivity index is 1.79. The van der Waals surface area contributed by atoms with Crippen molar-refractivity contribution in [1.29, 1.82) is 0 Å². The first kappa shape index (κ1) is 14.7. The summed E-state index contributed by atoms with van der Waals surface area (Å²) in [6, 6.07) is 7.65. The molecule has 3 rings (SSSR count). The molecule has 6 heteroatoms. The number of carbonyl (C=O) groups excluding carboxylic acids is 1. The molecule has 0 spiro atoms. The lowest BCUT2D eigenvalue weighted by Gasteiger charge is -2.39. The van der Waals surface area contributed by atoms with Crippen molar-refractivity contribution in [3.05, 3.63) is 42.5 Å². The predicted molar refractivity (Wildman–Crippen MR) is 83.6 cm³/mol. The van der Waals surface area contributed by atoms with Gasteiger partial charge < -0.3 is 10.6 Å². The Morgan fingerprint density at radius 3 is 2.59 bits per heavy atom. The van der Waals surface area contributed by atoms with Crippen LogP contribution in [-0.2, 0) is 0 Å². The Morgan fingerprint density at radius 2 is 1.95 bits per heavy atom. The first-order chi connectivity index (χ1) is 10.7. The molecule has 1 aromatic carbocycles. The summed E-state index contributed by atoms with van der Waals surface area (Å²) in [5.41, 5.74) is 7.51. The second-order valence-corrected chi connectivity index (χ2v) is 5.84. The molecule has 2 N–H and O–H groups in total. The van der Waals surface area contributed by atoms with E-state index in [2.05, 4.69) is 17.1 Å². The van der Waals surface area contributed by atoms with E-state index in [1.54, 1.807) is 17.2 Å². The minimum absolute atomic E-state index is 0.0670. The van der Waals surface area contributed by atoms with Crippen molar-refractivity contribution in [3.63, 3.8) is 0 Å². The second kappa shape index (κ2) is 6.27. The number of aromatic nitrogens is 3. The van der Waals surface area contributed by atoms with E-state index in [9.17, 15) is 4.79 Å². The van der Waals surface area contributed by atoms with Crippen molar-refractivity contribution >= 4 is 5.91 Å². The van der Waals surface area contributed by atoms with E-state index in [-0.39, 0.29) is 11.9 Å². The van der Waals surface area contributed by atoms with Gasteiger partial charge in [0.25, 0.3) is 5.91 Å². The minimum Gasteiger partial charge on any atom is -0.334 e. The number of hydrogen-bond acceptors (Lipinski definition) is 4. The van der Waals surface area contributed by atoms with Gasteiger partial charge in [0.1, 0.15) is 12.7 Å². The average Bonchev–Trinajstić information content (AvgIpc) is 3.08. The summed E-state index contributed by atoms with van der Waals surface area (Å²) >= 11 is 0. The van der Waals surface area contributed by atoms with Crippen LogP contribution in [0.4, 0.5) is 0 Å². The molecule has 0 unspecified atom stereocenters. The molecule has 6 nitrogen and oxygen atoms in total. The normalized spacial score (nSPS) is 21.8. The number of rotatable bonds is 3. The molecular weight excluding hydrogens is 278 g/mol. The number of likely N-dealkylation sites (tertiary alicyclic amines) is 1. The summed E-state index contributed by atoms with van der Waals surface area (Å²) in [6.07, 6.45) is 5.45. The number of carbonyl (C=O) groups is 1. The Bertz CT molecular complexity index is 622. The van der Waals surface area contributed by atoms with Crippen molar-refractivity contribution in [2.24, 2.45) is 11.7 Å². The van der Waals surface area contributed by atoms with Crippen LogP contribution in [0, 0.1) is 5.92 Å². The van der Waals surface area contributed by atoms with Gasteiger partial charge in [-0.2, -0.15) is 0 Å². The minimum atomic E-state index is 0.0670. The predicted octanol–water partition coefficient (Wildman–Crippen LogP) is 1.47. The molecule has 1 aliphatic heterocycles. The summed E-state index contributed by atoms with van der Waals surface area (Å²) < 4.78 is 1.81. The van der Waals surface area contributed by atoms with Crippen molar-refractivity contribution in [2.45, 2.75) is 25.8 Å². The zero-order valence-corrected chi connectivity index (χ0v) is 12.7. The number of piperidine rings is 1. The Kier molecular flexibility index (Phi) is 4.20. The highest BCUT2D eigenvalue weighted by atomic mass is 16.2. The summed E-state index contributed by atoms with van der Waals surface area (Å²) in [7, 11) is 0.